The van der Waals surface area contributed by atoms with E-state index in [0.717, 1.165) is 33.1 Å². The van der Waals surface area contributed by atoms with Gasteiger partial charge in [0, 0.05) is 16.3 Å². The van der Waals surface area contributed by atoms with Crippen molar-refractivity contribution in [1.29, 1.82) is 0 Å². The van der Waals surface area contributed by atoms with Crippen LogP contribution < -0.4 is 16.0 Å². The minimum absolute atomic E-state index is 0.119. The van der Waals surface area contributed by atoms with Gasteiger partial charge in [0.25, 0.3) is 0 Å². The van der Waals surface area contributed by atoms with Crippen LogP contribution in [0.3, 0.4) is 0 Å². The zero-order chi connectivity index (χ0) is 35.1. The highest BCUT2D eigenvalue weighted by atomic mass is 16.3. The summed E-state index contributed by atoms with van der Waals surface area (Å²) in [5.74, 6) is 0. The maximum atomic E-state index is 6.49. The maximum Gasteiger partial charge on any atom is 0.135 e. The summed E-state index contributed by atoms with van der Waals surface area (Å²) in [6.45, 7) is 0. The van der Waals surface area contributed by atoms with E-state index in [4.69, 9.17) is 4.42 Å². The molecule has 1 aliphatic rings. The van der Waals surface area contributed by atoms with E-state index >= 15 is 0 Å². The SMILES string of the molecule is c1ccc(-c2ccc(-c3ccc4oc5ccccc5c4c3C3NC(c4ccccc4)NC(c4ccc(-c5cccc6ccccc56)cc4)N3)cc2)cc1. The van der Waals surface area contributed by atoms with Crippen molar-refractivity contribution in [2.45, 2.75) is 18.5 Å². The summed E-state index contributed by atoms with van der Waals surface area (Å²) in [5.41, 5.74) is 12.4. The molecule has 0 bridgehead atoms. The standard InChI is InChI=1S/C49H37N3O/c1-3-12-32(13-4-1)33-22-24-36(25-23-33)41-30-31-44-45(42-19-9-10-21-43(42)53-44)46(41)49-51-47(37-15-5-2-6-16-37)50-48(52-49)38-28-26-35(27-29-38)40-20-11-17-34-14-7-8-18-39(34)40/h1-31,47-52H. The quantitative estimate of drug-likeness (QED) is 0.163. The van der Waals surface area contributed by atoms with Crippen LogP contribution in [0.15, 0.2) is 192 Å². The van der Waals surface area contributed by atoms with Crippen molar-refractivity contribution >= 4 is 32.7 Å². The number of hydrogen-bond acceptors (Lipinski definition) is 4. The fraction of sp³-hybridized carbons (Fsp3) is 0.0612. The molecule has 1 saturated heterocycles. The van der Waals surface area contributed by atoms with Gasteiger partial charge in [-0.3, -0.25) is 16.0 Å². The van der Waals surface area contributed by atoms with Crippen molar-refractivity contribution < 1.29 is 4.42 Å². The molecule has 3 N–H and O–H groups in total. The highest BCUT2D eigenvalue weighted by Gasteiger charge is 2.33. The summed E-state index contributed by atoms with van der Waals surface area (Å²) in [4.78, 5) is 0. The van der Waals surface area contributed by atoms with Gasteiger partial charge in [0.05, 0.1) is 18.5 Å². The van der Waals surface area contributed by atoms with E-state index < -0.39 is 0 Å². The van der Waals surface area contributed by atoms with Crippen LogP contribution in [0.25, 0.3) is 66.1 Å². The van der Waals surface area contributed by atoms with Gasteiger partial charge < -0.3 is 4.42 Å². The monoisotopic (exact) mass is 683 g/mol. The average Bonchev–Trinajstić information content (AvgIpc) is 3.63. The van der Waals surface area contributed by atoms with E-state index in [1.54, 1.807) is 0 Å². The van der Waals surface area contributed by atoms with Crippen molar-refractivity contribution in [3.8, 4) is 33.4 Å². The van der Waals surface area contributed by atoms with Gasteiger partial charge in [-0.1, -0.05) is 176 Å². The molecule has 1 aliphatic heterocycles. The number of nitrogens with one attached hydrogen (secondary N) is 3. The first kappa shape index (κ1) is 31.4. The Morgan fingerprint density at radius 3 is 1.66 bits per heavy atom. The van der Waals surface area contributed by atoms with E-state index in [0.29, 0.717) is 0 Å². The van der Waals surface area contributed by atoms with Crippen LogP contribution in [-0.4, -0.2) is 0 Å². The Bertz CT molecular complexity index is 2700. The predicted molar refractivity (Wildman–Crippen MR) is 218 cm³/mol. The molecular weight excluding hydrogens is 647 g/mol. The number of rotatable bonds is 6. The number of benzene rings is 8. The molecule has 0 aliphatic carbocycles. The van der Waals surface area contributed by atoms with E-state index in [1.165, 1.54) is 49.7 Å². The molecule has 3 atom stereocenters. The first-order valence-electron chi connectivity index (χ1n) is 18.3. The van der Waals surface area contributed by atoms with Crippen molar-refractivity contribution in [3.63, 3.8) is 0 Å². The van der Waals surface area contributed by atoms with Crippen LogP contribution >= 0.6 is 0 Å². The second-order valence-electron chi connectivity index (χ2n) is 13.8. The minimum atomic E-state index is -0.224. The van der Waals surface area contributed by atoms with E-state index in [9.17, 15) is 0 Å². The molecule has 0 spiro atoms. The molecule has 0 radical (unpaired) electrons. The van der Waals surface area contributed by atoms with E-state index in [-0.39, 0.29) is 18.5 Å². The summed E-state index contributed by atoms with van der Waals surface area (Å²) in [6, 6.07) is 67.0. The largest absolute Gasteiger partial charge is 0.456 e. The third-order valence-electron chi connectivity index (χ3n) is 10.7. The summed E-state index contributed by atoms with van der Waals surface area (Å²) >= 11 is 0. The van der Waals surface area contributed by atoms with Gasteiger partial charge in [-0.05, 0) is 67.4 Å². The first-order chi connectivity index (χ1) is 26.3. The second kappa shape index (κ2) is 13.4. The molecule has 1 aromatic heterocycles. The molecule has 4 heteroatoms. The van der Waals surface area contributed by atoms with Gasteiger partial charge >= 0.3 is 0 Å². The Kier molecular flexibility index (Phi) is 7.92. The van der Waals surface area contributed by atoms with Crippen LogP contribution in [0.5, 0.6) is 0 Å². The van der Waals surface area contributed by atoms with E-state index in [2.05, 4.69) is 198 Å². The molecule has 1 fully saturated rings. The lowest BCUT2D eigenvalue weighted by Crippen LogP contribution is -2.54. The minimum Gasteiger partial charge on any atom is -0.456 e. The zero-order valence-electron chi connectivity index (χ0n) is 29.0. The second-order valence-corrected chi connectivity index (χ2v) is 13.8. The van der Waals surface area contributed by atoms with Gasteiger partial charge in [0.15, 0.2) is 0 Å². The normalized spacial score (nSPS) is 17.4. The fourth-order valence-corrected chi connectivity index (χ4v) is 8.04. The van der Waals surface area contributed by atoms with Crippen LogP contribution in [0, 0.1) is 0 Å². The van der Waals surface area contributed by atoms with Crippen LogP contribution in [0.4, 0.5) is 0 Å². The summed E-state index contributed by atoms with van der Waals surface area (Å²) in [5, 5.41) is 16.6. The molecule has 4 nitrogen and oxygen atoms in total. The molecule has 3 unspecified atom stereocenters. The Morgan fingerprint density at radius 1 is 0.340 bits per heavy atom. The van der Waals surface area contributed by atoms with Crippen molar-refractivity contribution in [2.75, 3.05) is 0 Å². The molecule has 10 rings (SSSR count). The van der Waals surface area contributed by atoms with Gasteiger partial charge in [-0.25, -0.2) is 0 Å². The van der Waals surface area contributed by atoms with Gasteiger partial charge in [0.1, 0.15) is 11.2 Å². The van der Waals surface area contributed by atoms with Gasteiger partial charge in [-0.2, -0.15) is 0 Å². The summed E-state index contributed by atoms with van der Waals surface area (Å²) in [7, 11) is 0. The van der Waals surface area contributed by atoms with Crippen molar-refractivity contribution in [1.82, 2.24) is 16.0 Å². The zero-order valence-corrected chi connectivity index (χ0v) is 29.0. The highest BCUT2D eigenvalue weighted by molar-refractivity contribution is 6.09. The predicted octanol–water partition coefficient (Wildman–Crippen LogP) is 11.9. The third kappa shape index (κ3) is 5.80. The molecule has 0 amide bonds. The molecular formula is C49H37N3O. The molecule has 53 heavy (non-hydrogen) atoms. The smallest absolute Gasteiger partial charge is 0.135 e. The van der Waals surface area contributed by atoms with Gasteiger partial charge in [-0.15, -0.1) is 0 Å². The van der Waals surface area contributed by atoms with E-state index in [1.807, 2.05) is 6.07 Å². The average molecular weight is 684 g/mol. The lowest BCUT2D eigenvalue weighted by atomic mass is 9.91. The first-order valence-corrected chi connectivity index (χ1v) is 18.3. The molecule has 254 valence electrons. The van der Waals surface area contributed by atoms with Crippen LogP contribution in [0.1, 0.15) is 35.2 Å². The molecule has 9 aromatic rings. The number of furan rings is 1. The molecule has 2 heterocycles. The van der Waals surface area contributed by atoms with Crippen LogP contribution in [-0.2, 0) is 0 Å². The van der Waals surface area contributed by atoms with Gasteiger partial charge in [0.2, 0.25) is 0 Å². The summed E-state index contributed by atoms with van der Waals surface area (Å²) < 4.78 is 6.49. The lowest BCUT2D eigenvalue weighted by molar-refractivity contribution is 0.204. The lowest BCUT2D eigenvalue weighted by Gasteiger charge is -2.40. The summed E-state index contributed by atoms with van der Waals surface area (Å²) in [6.07, 6.45) is -0.487. The Morgan fingerprint density at radius 2 is 0.887 bits per heavy atom. The number of hydrogen-bond donors (Lipinski definition) is 3. The maximum absolute atomic E-state index is 6.49. The van der Waals surface area contributed by atoms with Crippen molar-refractivity contribution in [2.24, 2.45) is 0 Å². The Balaban J connectivity index is 1.10. The Labute approximate surface area is 308 Å². The topological polar surface area (TPSA) is 49.2 Å². The number of fused-ring (bicyclic) bond motifs is 4. The van der Waals surface area contributed by atoms with Crippen LogP contribution in [0.2, 0.25) is 0 Å². The van der Waals surface area contributed by atoms with Crippen molar-refractivity contribution in [3.05, 3.63) is 205 Å². The molecule has 8 aromatic carbocycles. The third-order valence-corrected chi connectivity index (χ3v) is 10.7. The molecule has 0 saturated carbocycles. The highest BCUT2D eigenvalue weighted by Crippen LogP contribution is 2.42. The Hall–Kier alpha value is -6.30. The fourth-order valence-electron chi connectivity index (χ4n) is 8.04. The number of para-hydroxylation sites is 1.